The molecule has 0 radical (unpaired) electrons. The highest BCUT2D eigenvalue weighted by atomic mass is 35.5. The molecule has 2 aliphatic rings. The fraction of sp³-hybridized carbons (Fsp3) is 0.650. The van der Waals surface area contributed by atoms with Crippen molar-refractivity contribution >= 4 is 81.6 Å². The van der Waals surface area contributed by atoms with Crippen molar-refractivity contribution in [3.63, 3.8) is 0 Å². The molecule has 0 atom stereocenters. The van der Waals surface area contributed by atoms with Crippen LogP contribution in [0.3, 0.4) is 0 Å². The van der Waals surface area contributed by atoms with Gasteiger partial charge in [-0.05, 0) is 104 Å². The standard InChI is InChI=1S/C20H29ClN2O5S.C20H30N2O5S/c1-12-15(16(18(25)27-6)29-17(12)21)23(13(2)24)11-14-7-9-22(10-8-14)19(26)28-20(3,4)5;1-13-12-28-17(18(24)26-6)16(13)22(14(2)23)11-15-7-9-21(10-8-15)19(25)27-20(3,4)5/h14H,7-11H2,1-6H3;12,15H,7-11H2,1-6H3. The van der Waals surface area contributed by atoms with E-state index in [1.807, 2.05) is 53.8 Å². The average Bonchev–Trinajstić information content (AvgIpc) is 3.65. The Labute approximate surface area is 349 Å². The summed E-state index contributed by atoms with van der Waals surface area (Å²) in [5.74, 6) is -0.776. The molecule has 318 valence electrons. The van der Waals surface area contributed by atoms with E-state index in [-0.39, 0.29) is 35.8 Å². The van der Waals surface area contributed by atoms with Crippen molar-refractivity contribution < 1.29 is 47.7 Å². The molecule has 17 heteroatoms. The first-order valence-electron chi connectivity index (χ1n) is 19.0. The molecule has 2 fully saturated rings. The monoisotopic (exact) mass is 854 g/mol. The summed E-state index contributed by atoms with van der Waals surface area (Å²) in [5.41, 5.74) is 1.69. The van der Waals surface area contributed by atoms with Crippen molar-refractivity contribution in [2.75, 3.05) is 63.3 Å². The van der Waals surface area contributed by atoms with Crippen molar-refractivity contribution in [3.05, 3.63) is 30.6 Å². The first kappa shape index (κ1) is 47.5. The maximum atomic E-state index is 12.4. The van der Waals surface area contributed by atoms with Crippen LogP contribution < -0.4 is 9.80 Å². The molecule has 2 saturated heterocycles. The van der Waals surface area contributed by atoms with Gasteiger partial charge in [0.2, 0.25) is 11.8 Å². The summed E-state index contributed by atoms with van der Waals surface area (Å²) >= 11 is 8.66. The SMILES string of the molecule is COC(=O)c1sc(Cl)c(C)c1N(CC1CCN(C(=O)OC(C)(C)C)CC1)C(C)=O.COC(=O)c1scc(C)c1N(CC1CCN(C(=O)OC(C)(C)C)CC1)C(C)=O. The second-order valence-electron chi connectivity index (χ2n) is 16.3. The van der Waals surface area contributed by atoms with Crippen molar-refractivity contribution in [2.24, 2.45) is 11.8 Å². The fourth-order valence-electron chi connectivity index (χ4n) is 6.57. The molecule has 2 aliphatic heterocycles. The van der Waals surface area contributed by atoms with E-state index in [0.717, 1.165) is 42.6 Å². The number of carbonyl (C=O) groups is 6. The van der Waals surface area contributed by atoms with E-state index < -0.39 is 23.1 Å². The molecule has 57 heavy (non-hydrogen) atoms. The fourth-order valence-corrected chi connectivity index (χ4v) is 8.81. The van der Waals surface area contributed by atoms with Gasteiger partial charge in [0.25, 0.3) is 0 Å². The molecular formula is C40H59ClN4O10S2. The minimum Gasteiger partial charge on any atom is -0.465 e. The van der Waals surface area contributed by atoms with Crippen LogP contribution in [0.4, 0.5) is 21.0 Å². The molecule has 0 saturated carbocycles. The number of likely N-dealkylation sites (tertiary alicyclic amines) is 2. The largest absolute Gasteiger partial charge is 0.465 e. The second kappa shape index (κ2) is 20.2. The third-order valence-corrected chi connectivity index (χ3v) is 12.1. The van der Waals surface area contributed by atoms with E-state index >= 15 is 0 Å². The topological polar surface area (TPSA) is 152 Å². The molecule has 2 aromatic heterocycles. The number of carbonyl (C=O) groups excluding carboxylic acids is 6. The number of thiophene rings is 2. The van der Waals surface area contributed by atoms with Crippen molar-refractivity contribution in [3.8, 4) is 0 Å². The highest BCUT2D eigenvalue weighted by Gasteiger charge is 2.33. The van der Waals surface area contributed by atoms with E-state index in [1.54, 1.807) is 26.5 Å². The quantitative estimate of drug-likeness (QED) is 0.187. The maximum absolute atomic E-state index is 12.4. The van der Waals surface area contributed by atoms with Gasteiger partial charge in [-0.1, -0.05) is 11.6 Å². The van der Waals surface area contributed by atoms with Gasteiger partial charge >= 0.3 is 24.1 Å². The average molecular weight is 856 g/mol. The Bertz CT molecular complexity index is 1760. The number of aryl methyl sites for hydroxylation is 1. The molecule has 0 aliphatic carbocycles. The van der Waals surface area contributed by atoms with E-state index in [4.69, 9.17) is 30.5 Å². The zero-order valence-corrected chi connectivity index (χ0v) is 37.8. The summed E-state index contributed by atoms with van der Waals surface area (Å²) in [5, 5.41) is 1.86. The van der Waals surface area contributed by atoms with E-state index in [9.17, 15) is 28.8 Å². The molecule has 4 rings (SSSR count). The molecule has 0 spiro atoms. The van der Waals surface area contributed by atoms with Gasteiger partial charge in [-0.15, -0.1) is 22.7 Å². The summed E-state index contributed by atoms with van der Waals surface area (Å²) in [7, 11) is 2.64. The van der Waals surface area contributed by atoms with Crippen LogP contribution in [0.5, 0.6) is 0 Å². The van der Waals surface area contributed by atoms with Crippen LogP contribution >= 0.6 is 34.3 Å². The normalized spacial score (nSPS) is 15.2. The molecule has 0 aromatic carbocycles. The first-order valence-corrected chi connectivity index (χ1v) is 21.1. The van der Waals surface area contributed by atoms with Crippen molar-refractivity contribution in [1.29, 1.82) is 0 Å². The van der Waals surface area contributed by atoms with Gasteiger partial charge in [-0.2, -0.15) is 0 Å². The van der Waals surface area contributed by atoms with Crippen LogP contribution in [0.1, 0.15) is 112 Å². The Morgan fingerprint density at radius 1 is 0.702 bits per heavy atom. The number of amides is 4. The smallest absolute Gasteiger partial charge is 0.410 e. The van der Waals surface area contributed by atoms with Crippen LogP contribution in [0, 0.1) is 25.7 Å². The number of methoxy groups -OCH3 is 2. The van der Waals surface area contributed by atoms with Gasteiger partial charge in [-0.3, -0.25) is 9.59 Å². The van der Waals surface area contributed by atoms with Crippen LogP contribution in [-0.4, -0.2) is 110 Å². The molecule has 2 aromatic rings. The Balaban J connectivity index is 0.000000306. The number of halogens is 1. The zero-order chi connectivity index (χ0) is 43.0. The summed E-state index contributed by atoms with van der Waals surface area (Å²) < 4.78 is 21.1. The van der Waals surface area contributed by atoms with Gasteiger partial charge < -0.3 is 38.5 Å². The summed E-state index contributed by atoms with van der Waals surface area (Å²) in [6.45, 7) is 21.0. The Kier molecular flexibility index (Phi) is 16.8. The minimum absolute atomic E-state index is 0.110. The Morgan fingerprint density at radius 2 is 1.09 bits per heavy atom. The molecule has 0 N–H and O–H groups in total. The lowest BCUT2D eigenvalue weighted by atomic mass is 9.96. The Hall–Kier alpha value is -3.89. The lowest BCUT2D eigenvalue weighted by Gasteiger charge is -2.35. The van der Waals surface area contributed by atoms with Gasteiger partial charge in [-0.25, -0.2) is 19.2 Å². The van der Waals surface area contributed by atoms with Crippen LogP contribution in [0.15, 0.2) is 5.38 Å². The minimum atomic E-state index is -0.528. The van der Waals surface area contributed by atoms with Gasteiger partial charge in [0.05, 0.1) is 29.9 Å². The lowest BCUT2D eigenvalue weighted by Crippen LogP contribution is -2.44. The highest BCUT2D eigenvalue weighted by molar-refractivity contribution is 7.18. The van der Waals surface area contributed by atoms with Crippen molar-refractivity contribution in [2.45, 2.75) is 106 Å². The summed E-state index contributed by atoms with van der Waals surface area (Å²) in [4.78, 5) is 81.0. The summed E-state index contributed by atoms with van der Waals surface area (Å²) in [6, 6.07) is 0. The van der Waals surface area contributed by atoms with Crippen LogP contribution in [0.2, 0.25) is 4.34 Å². The first-order chi connectivity index (χ1) is 26.5. The third-order valence-electron chi connectivity index (χ3n) is 9.45. The lowest BCUT2D eigenvalue weighted by molar-refractivity contribution is -0.117. The van der Waals surface area contributed by atoms with Crippen molar-refractivity contribution in [1.82, 2.24) is 9.80 Å². The zero-order valence-electron chi connectivity index (χ0n) is 35.4. The molecular weight excluding hydrogens is 796 g/mol. The van der Waals surface area contributed by atoms with E-state index in [2.05, 4.69) is 0 Å². The number of nitrogens with zero attached hydrogens (tertiary/aromatic N) is 4. The number of piperidine rings is 2. The number of hydrogen-bond acceptors (Lipinski definition) is 12. The van der Waals surface area contributed by atoms with Gasteiger partial charge in [0.1, 0.15) is 21.0 Å². The molecule has 4 heterocycles. The Morgan fingerprint density at radius 3 is 1.46 bits per heavy atom. The molecule has 4 amide bonds. The number of esters is 2. The number of rotatable bonds is 8. The summed E-state index contributed by atoms with van der Waals surface area (Å²) in [6.07, 6.45) is 2.43. The molecule has 14 nitrogen and oxygen atoms in total. The van der Waals surface area contributed by atoms with E-state index in [1.165, 1.54) is 39.4 Å². The molecule has 0 unspecified atom stereocenters. The predicted octanol–water partition coefficient (Wildman–Crippen LogP) is 8.34. The third kappa shape index (κ3) is 13.3. The number of ether oxygens (including phenoxy) is 4. The van der Waals surface area contributed by atoms with Crippen LogP contribution in [-0.2, 0) is 28.5 Å². The highest BCUT2D eigenvalue weighted by Crippen LogP contribution is 2.40. The second-order valence-corrected chi connectivity index (χ2v) is 18.8. The van der Waals surface area contributed by atoms with Gasteiger partial charge in [0.15, 0.2) is 0 Å². The predicted molar refractivity (Wildman–Crippen MR) is 223 cm³/mol. The number of hydrogen-bond donors (Lipinski definition) is 0. The molecule has 0 bridgehead atoms. The van der Waals surface area contributed by atoms with Crippen LogP contribution in [0.25, 0.3) is 0 Å². The van der Waals surface area contributed by atoms with Gasteiger partial charge in [0, 0.05) is 58.7 Å². The number of anilines is 2. The van der Waals surface area contributed by atoms with E-state index in [0.29, 0.717) is 70.3 Å². The maximum Gasteiger partial charge on any atom is 0.410 e.